The minimum Gasteiger partial charge on any atom is -0.394 e. The van der Waals surface area contributed by atoms with E-state index in [-0.39, 0.29) is 0 Å². The predicted octanol–water partition coefficient (Wildman–Crippen LogP) is 2.03. The number of anilines is 2. The molecule has 0 aliphatic heterocycles. The maximum absolute atomic E-state index is 6.18. The molecule has 0 atom stereocenters. The van der Waals surface area contributed by atoms with E-state index in [1.54, 1.807) is 0 Å². The number of hydrogen-bond donors (Lipinski definition) is 2. The summed E-state index contributed by atoms with van der Waals surface area (Å²) in [5.74, 6) is 1.20. The van der Waals surface area contributed by atoms with Crippen LogP contribution in [0.25, 0.3) is 0 Å². The van der Waals surface area contributed by atoms with E-state index in [1.165, 1.54) is 5.56 Å². The first kappa shape index (κ1) is 14.4. The van der Waals surface area contributed by atoms with Gasteiger partial charge >= 0.3 is 0 Å². The third-order valence-electron chi connectivity index (χ3n) is 3.43. The van der Waals surface area contributed by atoms with Crippen molar-refractivity contribution in [2.75, 3.05) is 11.1 Å². The number of nitrogens with one attached hydrogen (secondary N) is 1. The highest BCUT2D eigenvalue weighted by Gasteiger charge is 2.16. The maximum atomic E-state index is 6.18. The molecule has 2 aromatic rings. The third kappa shape index (κ3) is 2.64. The van der Waals surface area contributed by atoms with Crippen LogP contribution in [-0.2, 0) is 27.1 Å². The van der Waals surface area contributed by atoms with E-state index in [1.807, 2.05) is 29.7 Å². The molecule has 20 heavy (non-hydrogen) atoms. The smallest absolute Gasteiger partial charge is 0.148 e. The van der Waals surface area contributed by atoms with Crippen LogP contribution in [0.1, 0.15) is 43.6 Å². The molecular formula is C14H24N6. The molecule has 0 fully saturated rings. The Kier molecular flexibility index (Phi) is 4.01. The summed E-state index contributed by atoms with van der Waals surface area (Å²) in [7, 11) is 3.85. The Hall–Kier alpha value is -1.98. The molecule has 0 amide bonds. The van der Waals surface area contributed by atoms with E-state index in [0.717, 1.165) is 29.3 Å². The van der Waals surface area contributed by atoms with Crippen LogP contribution in [0.5, 0.6) is 0 Å². The molecule has 3 N–H and O–H groups in total. The van der Waals surface area contributed by atoms with Crippen LogP contribution in [0, 0.1) is 0 Å². The molecule has 0 aliphatic carbocycles. The van der Waals surface area contributed by atoms with Gasteiger partial charge in [0.25, 0.3) is 0 Å². The monoisotopic (exact) mass is 276 g/mol. The van der Waals surface area contributed by atoms with Crippen molar-refractivity contribution >= 4 is 11.5 Å². The summed E-state index contributed by atoms with van der Waals surface area (Å²) in [6, 6.07) is 0. The molecule has 0 saturated heterocycles. The van der Waals surface area contributed by atoms with E-state index in [9.17, 15) is 0 Å². The van der Waals surface area contributed by atoms with Gasteiger partial charge in [-0.05, 0) is 12.3 Å². The zero-order valence-corrected chi connectivity index (χ0v) is 12.9. The minimum absolute atomic E-state index is 0.321. The van der Waals surface area contributed by atoms with Crippen molar-refractivity contribution in [3.8, 4) is 0 Å². The SMILES string of the molecule is CCc1nn(C)cc1CNc1c(N)c(C(C)C)nn1C. The lowest BCUT2D eigenvalue weighted by molar-refractivity contribution is 0.715. The molecule has 0 saturated carbocycles. The highest BCUT2D eigenvalue weighted by molar-refractivity contribution is 5.65. The molecule has 0 aliphatic rings. The van der Waals surface area contributed by atoms with Crippen LogP contribution in [0.3, 0.4) is 0 Å². The molecule has 6 heteroatoms. The second-order valence-electron chi connectivity index (χ2n) is 5.41. The largest absolute Gasteiger partial charge is 0.394 e. The van der Waals surface area contributed by atoms with Crippen molar-refractivity contribution in [2.24, 2.45) is 14.1 Å². The molecule has 110 valence electrons. The van der Waals surface area contributed by atoms with Gasteiger partial charge in [-0.25, -0.2) is 0 Å². The highest BCUT2D eigenvalue weighted by Crippen LogP contribution is 2.28. The van der Waals surface area contributed by atoms with Crippen molar-refractivity contribution in [3.05, 3.63) is 23.1 Å². The van der Waals surface area contributed by atoms with Gasteiger partial charge in [0.1, 0.15) is 5.82 Å². The zero-order chi connectivity index (χ0) is 14.9. The second kappa shape index (κ2) is 5.56. The average Bonchev–Trinajstić information content (AvgIpc) is 2.88. The van der Waals surface area contributed by atoms with E-state index >= 15 is 0 Å². The topological polar surface area (TPSA) is 73.7 Å². The second-order valence-corrected chi connectivity index (χ2v) is 5.41. The lowest BCUT2D eigenvalue weighted by atomic mass is 10.1. The Labute approximate surface area is 120 Å². The molecule has 6 nitrogen and oxygen atoms in total. The molecule has 0 aromatic carbocycles. The van der Waals surface area contributed by atoms with Gasteiger partial charge in [0.05, 0.1) is 17.1 Å². The van der Waals surface area contributed by atoms with Crippen LogP contribution < -0.4 is 11.1 Å². The number of nitrogen functional groups attached to an aromatic ring is 1. The lowest BCUT2D eigenvalue weighted by Crippen LogP contribution is -2.07. The van der Waals surface area contributed by atoms with Gasteiger partial charge in [0.2, 0.25) is 0 Å². The van der Waals surface area contributed by atoms with Crippen LogP contribution >= 0.6 is 0 Å². The number of nitrogens with zero attached hydrogens (tertiary/aromatic N) is 4. The Morgan fingerprint density at radius 1 is 1.30 bits per heavy atom. The molecular weight excluding hydrogens is 252 g/mol. The third-order valence-corrected chi connectivity index (χ3v) is 3.43. The summed E-state index contributed by atoms with van der Waals surface area (Å²) < 4.78 is 3.66. The van der Waals surface area contributed by atoms with E-state index in [4.69, 9.17) is 5.73 Å². The number of rotatable bonds is 5. The van der Waals surface area contributed by atoms with Crippen molar-refractivity contribution in [1.29, 1.82) is 0 Å². The molecule has 2 aromatic heterocycles. The standard InChI is InChI=1S/C14H24N6/c1-6-11-10(8-19(4)17-11)7-16-14-12(15)13(9(2)3)18-20(14)5/h8-9,16H,6-7,15H2,1-5H3. The minimum atomic E-state index is 0.321. The van der Waals surface area contributed by atoms with E-state index in [0.29, 0.717) is 12.5 Å². The number of aryl methyl sites for hydroxylation is 3. The van der Waals surface area contributed by atoms with Gasteiger partial charge in [0.15, 0.2) is 0 Å². The van der Waals surface area contributed by atoms with Gasteiger partial charge in [-0.1, -0.05) is 20.8 Å². The highest BCUT2D eigenvalue weighted by atomic mass is 15.3. The Morgan fingerprint density at radius 2 is 2.00 bits per heavy atom. The first-order chi connectivity index (χ1) is 9.43. The van der Waals surface area contributed by atoms with Crippen molar-refractivity contribution in [1.82, 2.24) is 19.6 Å². The summed E-state index contributed by atoms with van der Waals surface area (Å²) in [5, 5.41) is 12.3. The zero-order valence-electron chi connectivity index (χ0n) is 12.9. The molecule has 0 spiro atoms. The van der Waals surface area contributed by atoms with Gasteiger partial charge in [-0.15, -0.1) is 0 Å². The van der Waals surface area contributed by atoms with Crippen LogP contribution in [0.2, 0.25) is 0 Å². The molecule has 0 unspecified atom stereocenters. The van der Waals surface area contributed by atoms with E-state index in [2.05, 4.69) is 36.3 Å². The Balaban J connectivity index is 2.19. The predicted molar refractivity (Wildman–Crippen MR) is 81.6 cm³/mol. The lowest BCUT2D eigenvalue weighted by Gasteiger charge is -2.07. The first-order valence-corrected chi connectivity index (χ1v) is 7.01. The molecule has 2 heterocycles. The number of hydrogen-bond acceptors (Lipinski definition) is 4. The van der Waals surface area contributed by atoms with Crippen molar-refractivity contribution in [3.63, 3.8) is 0 Å². The van der Waals surface area contributed by atoms with E-state index < -0.39 is 0 Å². The summed E-state index contributed by atoms with van der Waals surface area (Å²) in [5.41, 5.74) is 10.2. The van der Waals surface area contributed by atoms with Crippen LogP contribution in [0.15, 0.2) is 6.20 Å². The fraction of sp³-hybridized carbons (Fsp3) is 0.571. The van der Waals surface area contributed by atoms with Gasteiger partial charge in [-0.2, -0.15) is 10.2 Å². The summed E-state index contributed by atoms with van der Waals surface area (Å²) in [4.78, 5) is 0. The number of aromatic nitrogens is 4. The first-order valence-electron chi connectivity index (χ1n) is 7.01. The van der Waals surface area contributed by atoms with Crippen LogP contribution in [-0.4, -0.2) is 19.6 Å². The Bertz CT molecular complexity index is 593. The summed E-state index contributed by atoms with van der Waals surface area (Å²) >= 11 is 0. The summed E-state index contributed by atoms with van der Waals surface area (Å²) in [6.07, 6.45) is 2.97. The normalized spacial score (nSPS) is 11.3. The fourth-order valence-electron chi connectivity index (χ4n) is 2.41. The molecule has 0 bridgehead atoms. The quantitative estimate of drug-likeness (QED) is 0.876. The van der Waals surface area contributed by atoms with Crippen molar-refractivity contribution < 1.29 is 0 Å². The Morgan fingerprint density at radius 3 is 2.55 bits per heavy atom. The van der Waals surface area contributed by atoms with Gasteiger partial charge in [0, 0.05) is 32.4 Å². The average molecular weight is 276 g/mol. The maximum Gasteiger partial charge on any atom is 0.148 e. The van der Waals surface area contributed by atoms with Crippen molar-refractivity contribution in [2.45, 2.75) is 39.7 Å². The van der Waals surface area contributed by atoms with Gasteiger partial charge < -0.3 is 11.1 Å². The fourth-order valence-corrected chi connectivity index (χ4v) is 2.41. The molecule has 2 rings (SSSR count). The number of nitrogens with two attached hydrogens (primary N) is 1. The summed E-state index contributed by atoms with van der Waals surface area (Å²) in [6.45, 7) is 7.01. The van der Waals surface area contributed by atoms with Crippen LogP contribution in [0.4, 0.5) is 11.5 Å². The van der Waals surface area contributed by atoms with Gasteiger partial charge in [-0.3, -0.25) is 9.36 Å². The molecule has 0 radical (unpaired) electrons.